The molecule has 1 aromatic heterocycles. The Labute approximate surface area is 128 Å². The molecule has 0 spiro atoms. The van der Waals surface area contributed by atoms with Crippen LogP contribution in [-0.2, 0) is 9.53 Å². The zero-order chi connectivity index (χ0) is 16.1. The Balaban J connectivity index is 1.87. The van der Waals surface area contributed by atoms with E-state index >= 15 is 0 Å². The van der Waals surface area contributed by atoms with E-state index in [-0.39, 0.29) is 36.0 Å². The molecule has 1 saturated heterocycles. The zero-order valence-electron chi connectivity index (χ0n) is 12.4. The highest BCUT2D eigenvalue weighted by Gasteiger charge is 2.26. The number of rotatable bonds is 4. The summed E-state index contributed by atoms with van der Waals surface area (Å²) in [5.41, 5.74) is 5.67. The maximum absolute atomic E-state index is 12.1. The van der Waals surface area contributed by atoms with Crippen LogP contribution in [-0.4, -0.2) is 65.2 Å². The molecule has 8 nitrogen and oxygen atoms in total. The number of nitrogens with one attached hydrogen (secondary N) is 1. The van der Waals surface area contributed by atoms with Crippen molar-refractivity contribution in [2.75, 3.05) is 26.2 Å². The first-order valence-electron chi connectivity index (χ1n) is 7.06. The molecule has 8 heteroatoms. The van der Waals surface area contributed by atoms with E-state index in [9.17, 15) is 14.7 Å². The fourth-order valence-electron chi connectivity index (χ4n) is 2.14. The van der Waals surface area contributed by atoms with Crippen LogP contribution in [0, 0.1) is 0 Å². The lowest BCUT2D eigenvalue weighted by atomic mass is 10.1. The highest BCUT2D eigenvalue weighted by atomic mass is 16.5. The van der Waals surface area contributed by atoms with Gasteiger partial charge in [0.05, 0.1) is 19.3 Å². The van der Waals surface area contributed by atoms with Crippen molar-refractivity contribution in [3.63, 3.8) is 0 Å². The van der Waals surface area contributed by atoms with Gasteiger partial charge in [0.2, 0.25) is 5.91 Å². The first kappa shape index (κ1) is 16.2. The zero-order valence-corrected chi connectivity index (χ0v) is 12.4. The van der Waals surface area contributed by atoms with Crippen molar-refractivity contribution >= 4 is 11.8 Å². The number of aromatic hydroxyl groups is 1. The van der Waals surface area contributed by atoms with Crippen molar-refractivity contribution in [1.82, 2.24) is 15.2 Å². The van der Waals surface area contributed by atoms with Gasteiger partial charge in [0.1, 0.15) is 5.75 Å². The number of nitrogens with zero attached hydrogens (tertiary/aromatic N) is 2. The highest BCUT2D eigenvalue weighted by Crippen LogP contribution is 2.12. The van der Waals surface area contributed by atoms with Gasteiger partial charge in [-0.15, -0.1) is 0 Å². The van der Waals surface area contributed by atoms with Gasteiger partial charge in [-0.25, -0.2) is 4.98 Å². The molecule has 0 bridgehead atoms. The summed E-state index contributed by atoms with van der Waals surface area (Å²) in [6.45, 7) is 2.95. The molecule has 1 aliphatic rings. The average molecular weight is 308 g/mol. The van der Waals surface area contributed by atoms with E-state index in [4.69, 9.17) is 10.5 Å². The van der Waals surface area contributed by atoms with Gasteiger partial charge in [0, 0.05) is 25.3 Å². The minimum absolute atomic E-state index is 0.106. The molecule has 2 atom stereocenters. The Hall–Kier alpha value is -2.19. The number of hydrogen-bond donors (Lipinski definition) is 3. The molecule has 4 N–H and O–H groups in total. The fourth-order valence-corrected chi connectivity index (χ4v) is 2.14. The van der Waals surface area contributed by atoms with Crippen LogP contribution in [0.3, 0.4) is 0 Å². The van der Waals surface area contributed by atoms with E-state index in [0.717, 1.165) is 0 Å². The van der Waals surface area contributed by atoms with E-state index in [1.54, 1.807) is 4.90 Å². The Morgan fingerprint density at radius 2 is 2.41 bits per heavy atom. The lowest BCUT2D eigenvalue weighted by Crippen LogP contribution is -2.53. The first-order chi connectivity index (χ1) is 10.5. The molecule has 2 rings (SSSR count). The van der Waals surface area contributed by atoms with Gasteiger partial charge in [-0.3, -0.25) is 9.59 Å². The van der Waals surface area contributed by atoms with Gasteiger partial charge in [-0.1, -0.05) is 0 Å². The smallest absolute Gasteiger partial charge is 0.274 e. The Bertz CT molecular complexity index is 549. The molecule has 0 saturated carbocycles. The summed E-state index contributed by atoms with van der Waals surface area (Å²) in [7, 11) is 0. The second kappa shape index (κ2) is 7.19. The quantitative estimate of drug-likeness (QED) is 0.663. The van der Waals surface area contributed by atoms with Crippen molar-refractivity contribution in [2.45, 2.75) is 19.1 Å². The molecule has 1 aromatic rings. The molecule has 2 heterocycles. The molecule has 0 aliphatic carbocycles. The summed E-state index contributed by atoms with van der Waals surface area (Å²) in [5, 5.41) is 12.0. The SMILES string of the molecule is CC(N)C1CN(C(=O)CNC(=O)c2ncccc2O)CCO1. The number of pyridine rings is 1. The third-order valence-electron chi connectivity index (χ3n) is 3.43. The van der Waals surface area contributed by atoms with Gasteiger partial charge in [-0.2, -0.15) is 0 Å². The molecule has 0 radical (unpaired) electrons. The second-order valence-corrected chi connectivity index (χ2v) is 5.16. The average Bonchev–Trinajstić information content (AvgIpc) is 2.52. The predicted octanol–water partition coefficient (Wildman–Crippen LogP) is -0.908. The highest BCUT2D eigenvalue weighted by molar-refractivity contribution is 5.96. The summed E-state index contributed by atoms with van der Waals surface area (Å²) >= 11 is 0. The van der Waals surface area contributed by atoms with Gasteiger partial charge in [0.15, 0.2) is 5.69 Å². The lowest BCUT2D eigenvalue weighted by molar-refractivity contribution is -0.138. The molecule has 2 amide bonds. The van der Waals surface area contributed by atoms with Crippen LogP contribution in [0.5, 0.6) is 5.75 Å². The van der Waals surface area contributed by atoms with Crippen molar-refractivity contribution in [3.05, 3.63) is 24.0 Å². The summed E-state index contributed by atoms with van der Waals surface area (Å²) < 4.78 is 5.48. The van der Waals surface area contributed by atoms with Crippen LogP contribution in [0.15, 0.2) is 18.3 Å². The van der Waals surface area contributed by atoms with E-state index in [0.29, 0.717) is 19.7 Å². The van der Waals surface area contributed by atoms with Gasteiger partial charge >= 0.3 is 0 Å². The van der Waals surface area contributed by atoms with Crippen LogP contribution in [0.25, 0.3) is 0 Å². The Morgan fingerprint density at radius 1 is 1.64 bits per heavy atom. The molecule has 1 fully saturated rings. The Morgan fingerprint density at radius 3 is 3.09 bits per heavy atom. The second-order valence-electron chi connectivity index (χ2n) is 5.16. The molecular weight excluding hydrogens is 288 g/mol. The minimum Gasteiger partial charge on any atom is -0.505 e. The summed E-state index contributed by atoms with van der Waals surface area (Å²) in [5.74, 6) is -1.04. The van der Waals surface area contributed by atoms with E-state index < -0.39 is 5.91 Å². The number of aromatic nitrogens is 1. The monoisotopic (exact) mass is 308 g/mol. The number of morpholine rings is 1. The van der Waals surface area contributed by atoms with E-state index in [1.807, 2.05) is 6.92 Å². The molecule has 2 unspecified atom stereocenters. The lowest BCUT2D eigenvalue weighted by Gasteiger charge is -2.34. The van der Waals surface area contributed by atoms with Crippen LogP contribution in [0.1, 0.15) is 17.4 Å². The van der Waals surface area contributed by atoms with Crippen LogP contribution >= 0.6 is 0 Å². The minimum atomic E-state index is -0.594. The largest absolute Gasteiger partial charge is 0.505 e. The number of nitrogens with two attached hydrogens (primary N) is 1. The summed E-state index contributed by atoms with van der Waals surface area (Å²) in [6.07, 6.45) is 1.19. The number of ether oxygens (including phenoxy) is 1. The van der Waals surface area contributed by atoms with E-state index in [1.165, 1.54) is 18.3 Å². The maximum atomic E-state index is 12.1. The number of amides is 2. The molecule has 0 aromatic carbocycles. The first-order valence-corrected chi connectivity index (χ1v) is 7.06. The van der Waals surface area contributed by atoms with Crippen molar-refractivity contribution in [2.24, 2.45) is 5.73 Å². The van der Waals surface area contributed by atoms with Crippen LogP contribution in [0.2, 0.25) is 0 Å². The van der Waals surface area contributed by atoms with Gasteiger partial charge < -0.3 is 25.8 Å². The third kappa shape index (κ3) is 3.92. The Kier molecular flexibility index (Phi) is 5.29. The van der Waals surface area contributed by atoms with Crippen molar-refractivity contribution in [1.29, 1.82) is 0 Å². The maximum Gasteiger partial charge on any atom is 0.274 e. The standard InChI is InChI=1S/C14H20N4O4/c1-9(15)11-8-18(5-6-22-11)12(20)7-17-14(21)13-10(19)3-2-4-16-13/h2-4,9,11,19H,5-8,15H2,1H3,(H,17,21). The number of carbonyl (C=O) groups excluding carboxylic acids is 2. The molecule has 1 aliphatic heterocycles. The molecule has 120 valence electrons. The van der Waals surface area contributed by atoms with Crippen LogP contribution < -0.4 is 11.1 Å². The molecular formula is C14H20N4O4. The number of hydrogen-bond acceptors (Lipinski definition) is 6. The topological polar surface area (TPSA) is 118 Å². The van der Waals surface area contributed by atoms with Gasteiger partial charge in [-0.05, 0) is 19.1 Å². The summed E-state index contributed by atoms with van der Waals surface area (Å²) in [6, 6.07) is 2.70. The van der Waals surface area contributed by atoms with Crippen molar-refractivity contribution < 1.29 is 19.4 Å². The van der Waals surface area contributed by atoms with Crippen molar-refractivity contribution in [3.8, 4) is 5.75 Å². The van der Waals surface area contributed by atoms with Gasteiger partial charge in [0.25, 0.3) is 5.91 Å². The summed E-state index contributed by atoms with van der Waals surface area (Å²) in [4.78, 5) is 29.4. The predicted molar refractivity (Wildman–Crippen MR) is 78.2 cm³/mol. The third-order valence-corrected chi connectivity index (χ3v) is 3.43. The van der Waals surface area contributed by atoms with Crippen LogP contribution in [0.4, 0.5) is 0 Å². The number of carbonyl (C=O) groups is 2. The molecule has 22 heavy (non-hydrogen) atoms. The normalized spacial score (nSPS) is 19.5. The fraction of sp³-hybridized carbons (Fsp3) is 0.500. The van der Waals surface area contributed by atoms with E-state index in [2.05, 4.69) is 10.3 Å².